The van der Waals surface area contributed by atoms with Crippen molar-refractivity contribution >= 4 is 17.3 Å². The number of unbranched alkanes of at least 4 members (excludes halogenated alkanes) is 1. The van der Waals surface area contributed by atoms with E-state index in [0.29, 0.717) is 5.92 Å². The average molecular weight is 311 g/mol. The van der Waals surface area contributed by atoms with Gasteiger partial charge in [-0.05, 0) is 31.5 Å². The molecule has 1 aromatic heterocycles. The number of likely N-dealkylation sites (N-methyl/N-ethyl adjacent to an activating group) is 1. The van der Waals surface area contributed by atoms with Crippen LogP contribution >= 0.6 is 11.3 Å². The van der Waals surface area contributed by atoms with Crippen LogP contribution in [0.1, 0.15) is 37.5 Å². The molecule has 0 aliphatic heterocycles. The SMILES string of the molecule is CCCCN(C)CCNC(=NC)NCC(C)c1cccs1. The van der Waals surface area contributed by atoms with Crippen LogP contribution < -0.4 is 10.6 Å². The van der Waals surface area contributed by atoms with Crippen LogP contribution in [0.25, 0.3) is 0 Å². The Morgan fingerprint density at radius 2 is 2.19 bits per heavy atom. The number of nitrogens with one attached hydrogen (secondary N) is 2. The lowest BCUT2D eigenvalue weighted by Crippen LogP contribution is -2.42. The lowest BCUT2D eigenvalue weighted by Gasteiger charge is -2.19. The van der Waals surface area contributed by atoms with Crippen LogP contribution in [0, 0.1) is 0 Å². The lowest BCUT2D eigenvalue weighted by molar-refractivity contribution is 0.332. The zero-order valence-corrected chi connectivity index (χ0v) is 14.7. The van der Waals surface area contributed by atoms with Crippen molar-refractivity contribution in [2.75, 3.05) is 40.3 Å². The number of aliphatic imine (C=N–C) groups is 1. The van der Waals surface area contributed by atoms with Crippen LogP contribution in [0.4, 0.5) is 0 Å². The Kier molecular flexibility index (Phi) is 9.10. The van der Waals surface area contributed by atoms with Crippen LogP contribution in [-0.4, -0.2) is 51.1 Å². The first-order valence-corrected chi connectivity index (χ1v) is 8.71. The molecule has 1 rings (SSSR count). The number of rotatable bonds is 9. The smallest absolute Gasteiger partial charge is 0.191 e. The summed E-state index contributed by atoms with van der Waals surface area (Å²) in [5, 5.41) is 8.91. The summed E-state index contributed by atoms with van der Waals surface area (Å²) in [6, 6.07) is 4.30. The molecule has 21 heavy (non-hydrogen) atoms. The van der Waals surface area contributed by atoms with Gasteiger partial charge in [-0.25, -0.2) is 0 Å². The highest BCUT2D eigenvalue weighted by molar-refractivity contribution is 7.10. The predicted octanol–water partition coefficient (Wildman–Crippen LogP) is 2.75. The van der Waals surface area contributed by atoms with Gasteiger partial charge in [-0.1, -0.05) is 26.3 Å². The van der Waals surface area contributed by atoms with Crippen LogP contribution in [0.15, 0.2) is 22.5 Å². The maximum atomic E-state index is 4.28. The number of thiophene rings is 1. The summed E-state index contributed by atoms with van der Waals surface area (Å²) in [5.41, 5.74) is 0. The Balaban J connectivity index is 2.20. The number of hydrogen-bond donors (Lipinski definition) is 2. The molecule has 0 aliphatic carbocycles. The Morgan fingerprint density at radius 3 is 2.81 bits per heavy atom. The van der Waals surface area contributed by atoms with Gasteiger partial charge in [0.2, 0.25) is 0 Å². The predicted molar refractivity (Wildman–Crippen MR) is 94.5 cm³/mol. The molecule has 5 heteroatoms. The van der Waals surface area contributed by atoms with Crippen LogP contribution in [0.3, 0.4) is 0 Å². The quantitative estimate of drug-likeness (QED) is 0.544. The monoisotopic (exact) mass is 310 g/mol. The third-order valence-corrected chi connectivity index (χ3v) is 4.61. The average Bonchev–Trinajstić information content (AvgIpc) is 3.02. The molecule has 1 heterocycles. The number of nitrogens with zero attached hydrogens (tertiary/aromatic N) is 2. The van der Waals surface area contributed by atoms with E-state index in [1.807, 2.05) is 18.4 Å². The van der Waals surface area contributed by atoms with E-state index in [1.54, 1.807) is 0 Å². The Bertz CT molecular complexity index is 389. The van der Waals surface area contributed by atoms with E-state index in [1.165, 1.54) is 24.3 Å². The van der Waals surface area contributed by atoms with Gasteiger partial charge in [-0.2, -0.15) is 0 Å². The van der Waals surface area contributed by atoms with E-state index in [-0.39, 0.29) is 0 Å². The van der Waals surface area contributed by atoms with E-state index in [4.69, 9.17) is 0 Å². The second-order valence-corrected chi connectivity index (χ2v) is 6.43. The molecule has 1 unspecified atom stereocenters. The van der Waals surface area contributed by atoms with E-state index >= 15 is 0 Å². The van der Waals surface area contributed by atoms with Crippen molar-refractivity contribution in [2.24, 2.45) is 4.99 Å². The van der Waals surface area contributed by atoms with Gasteiger partial charge in [-0.3, -0.25) is 4.99 Å². The molecule has 1 atom stereocenters. The first-order valence-electron chi connectivity index (χ1n) is 7.83. The summed E-state index contributed by atoms with van der Waals surface area (Å²) in [6.07, 6.45) is 2.52. The van der Waals surface area contributed by atoms with Gasteiger partial charge in [0.05, 0.1) is 0 Å². The van der Waals surface area contributed by atoms with Gasteiger partial charge in [0.25, 0.3) is 0 Å². The van der Waals surface area contributed by atoms with Gasteiger partial charge in [-0.15, -0.1) is 11.3 Å². The second kappa shape index (κ2) is 10.6. The minimum Gasteiger partial charge on any atom is -0.356 e. The van der Waals surface area contributed by atoms with Crippen molar-refractivity contribution < 1.29 is 0 Å². The molecule has 0 saturated carbocycles. The zero-order chi connectivity index (χ0) is 15.5. The standard InChI is InChI=1S/C16H30N4S/c1-5-6-10-20(4)11-9-18-16(17-3)19-13-14(2)15-8-7-12-21-15/h7-8,12,14H,5-6,9-11,13H2,1-4H3,(H2,17,18,19). The zero-order valence-electron chi connectivity index (χ0n) is 13.9. The lowest BCUT2D eigenvalue weighted by atomic mass is 10.1. The van der Waals surface area contributed by atoms with Gasteiger partial charge >= 0.3 is 0 Å². The third kappa shape index (κ3) is 7.48. The van der Waals surface area contributed by atoms with Gasteiger partial charge in [0, 0.05) is 37.5 Å². The minimum absolute atomic E-state index is 0.510. The molecule has 0 aliphatic rings. The molecule has 1 aromatic rings. The van der Waals surface area contributed by atoms with E-state index in [9.17, 15) is 0 Å². The maximum absolute atomic E-state index is 4.28. The Labute approximate surface area is 133 Å². The first-order chi connectivity index (χ1) is 10.2. The third-order valence-electron chi connectivity index (χ3n) is 3.51. The molecule has 0 amide bonds. The Hall–Kier alpha value is -1.07. The first kappa shape index (κ1) is 18.0. The summed E-state index contributed by atoms with van der Waals surface area (Å²) < 4.78 is 0. The molecule has 0 radical (unpaired) electrons. The fourth-order valence-corrected chi connectivity index (χ4v) is 2.83. The highest BCUT2D eigenvalue weighted by atomic mass is 32.1. The molecule has 0 saturated heterocycles. The fourth-order valence-electron chi connectivity index (χ4n) is 2.05. The summed E-state index contributed by atoms with van der Waals surface area (Å²) in [6.45, 7) is 8.51. The summed E-state index contributed by atoms with van der Waals surface area (Å²) in [5.74, 6) is 1.40. The van der Waals surface area contributed by atoms with Crippen molar-refractivity contribution in [3.63, 3.8) is 0 Å². The van der Waals surface area contributed by atoms with Crippen molar-refractivity contribution in [1.82, 2.24) is 15.5 Å². The molecular formula is C16H30N4S. The summed E-state index contributed by atoms with van der Waals surface area (Å²) >= 11 is 1.81. The number of guanidine groups is 1. The maximum Gasteiger partial charge on any atom is 0.191 e. The molecule has 120 valence electrons. The molecule has 0 aromatic carbocycles. The van der Waals surface area contributed by atoms with Crippen molar-refractivity contribution in [2.45, 2.75) is 32.6 Å². The molecule has 0 spiro atoms. The van der Waals surface area contributed by atoms with E-state index in [0.717, 1.165) is 25.6 Å². The topological polar surface area (TPSA) is 39.7 Å². The molecular weight excluding hydrogens is 280 g/mol. The van der Waals surface area contributed by atoms with Crippen LogP contribution in [-0.2, 0) is 0 Å². The van der Waals surface area contributed by atoms with Gasteiger partial charge in [0.1, 0.15) is 0 Å². The van der Waals surface area contributed by atoms with Crippen molar-refractivity contribution in [3.8, 4) is 0 Å². The second-order valence-electron chi connectivity index (χ2n) is 5.45. The normalized spacial score (nSPS) is 13.5. The van der Waals surface area contributed by atoms with Crippen LogP contribution in [0.5, 0.6) is 0 Å². The van der Waals surface area contributed by atoms with Crippen LogP contribution in [0.2, 0.25) is 0 Å². The van der Waals surface area contributed by atoms with Crippen molar-refractivity contribution in [1.29, 1.82) is 0 Å². The fraction of sp³-hybridized carbons (Fsp3) is 0.688. The highest BCUT2D eigenvalue weighted by Crippen LogP contribution is 2.19. The molecule has 0 fully saturated rings. The summed E-state index contributed by atoms with van der Waals surface area (Å²) in [7, 11) is 4.00. The van der Waals surface area contributed by atoms with Gasteiger partial charge < -0.3 is 15.5 Å². The number of hydrogen-bond acceptors (Lipinski definition) is 3. The van der Waals surface area contributed by atoms with E-state index < -0.39 is 0 Å². The Morgan fingerprint density at radius 1 is 1.38 bits per heavy atom. The molecule has 0 bridgehead atoms. The molecule has 2 N–H and O–H groups in total. The molecule has 4 nitrogen and oxygen atoms in total. The minimum atomic E-state index is 0.510. The highest BCUT2D eigenvalue weighted by Gasteiger charge is 2.07. The van der Waals surface area contributed by atoms with Crippen molar-refractivity contribution in [3.05, 3.63) is 22.4 Å². The van der Waals surface area contributed by atoms with Gasteiger partial charge in [0.15, 0.2) is 5.96 Å². The largest absolute Gasteiger partial charge is 0.356 e. The van der Waals surface area contributed by atoms with E-state index in [2.05, 4.69) is 58.9 Å². The summed E-state index contributed by atoms with van der Waals surface area (Å²) in [4.78, 5) is 8.05.